The maximum Gasteiger partial charge on any atom is 0.283 e. The largest absolute Gasteiger partial charge is 0.396 e. The molecule has 1 fully saturated rings. The summed E-state index contributed by atoms with van der Waals surface area (Å²) in [5, 5.41) is 20.2. The lowest BCUT2D eigenvalue weighted by atomic mass is 9.71. The van der Waals surface area contributed by atoms with Crippen LogP contribution in [0.25, 0.3) is 0 Å². The number of rotatable bonds is 11. The summed E-state index contributed by atoms with van der Waals surface area (Å²) in [5.41, 5.74) is 0.364. The van der Waals surface area contributed by atoms with Crippen LogP contribution in [0.1, 0.15) is 84.8 Å². The number of aliphatic hydroxyl groups excluding tert-OH is 1. The SMILES string of the molecule is C=CC#Cc1ccc(C2CCC([C@H](CCO)CC(=O)c3ccc([C@](C)(O)C(F)(F)CC=C)cc3)CC2)cc1. The summed E-state index contributed by atoms with van der Waals surface area (Å²) in [7, 11) is 0. The second-order valence-corrected chi connectivity index (χ2v) is 10.5. The van der Waals surface area contributed by atoms with Crippen molar-refractivity contribution in [2.75, 3.05) is 6.61 Å². The molecule has 2 aromatic rings. The van der Waals surface area contributed by atoms with Gasteiger partial charge in [0, 0.05) is 30.6 Å². The number of allylic oxidation sites excluding steroid dienone is 2. The Morgan fingerprint density at radius 1 is 1.08 bits per heavy atom. The molecule has 3 rings (SSSR count). The van der Waals surface area contributed by atoms with Gasteiger partial charge in [0.25, 0.3) is 5.92 Å². The van der Waals surface area contributed by atoms with Crippen LogP contribution in [0, 0.1) is 23.7 Å². The minimum atomic E-state index is -3.38. The van der Waals surface area contributed by atoms with Crippen molar-refractivity contribution < 1.29 is 23.8 Å². The van der Waals surface area contributed by atoms with Gasteiger partial charge in [-0.3, -0.25) is 4.79 Å². The predicted molar refractivity (Wildman–Crippen MR) is 148 cm³/mol. The summed E-state index contributed by atoms with van der Waals surface area (Å²) >= 11 is 0. The Balaban J connectivity index is 1.62. The van der Waals surface area contributed by atoms with Crippen molar-refractivity contribution in [2.24, 2.45) is 11.8 Å². The van der Waals surface area contributed by atoms with E-state index < -0.39 is 17.9 Å². The highest BCUT2D eigenvalue weighted by molar-refractivity contribution is 5.96. The van der Waals surface area contributed by atoms with Gasteiger partial charge in [0.2, 0.25) is 0 Å². The highest BCUT2D eigenvalue weighted by Crippen LogP contribution is 2.42. The summed E-state index contributed by atoms with van der Waals surface area (Å²) in [6.45, 7) is 8.05. The number of carbonyl (C=O) groups is 1. The van der Waals surface area contributed by atoms with Crippen LogP contribution >= 0.6 is 0 Å². The fraction of sp³-hybridized carbons (Fsp3) is 0.424. The number of alkyl halides is 2. The molecule has 1 saturated carbocycles. The van der Waals surface area contributed by atoms with Gasteiger partial charge in [-0.1, -0.05) is 60.9 Å². The van der Waals surface area contributed by atoms with Crippen molar-refractivity contribution in [3.05, 3.63) is 96.1 Å². The first-order valence-electron chi connectivity index (χ1n) is 13.3. The Labute approximate surface area is 225 Å². The predicted octanol–water partition coefficient (Wildman–Crippen LogP) is 7.19. The number of halogens is 2. The van der Waals surface area contributed by atoms with E-state index in [0.717, 1.165) is 44.2 Å². The molecule has 1 aliphatic rings. The number of hydrogen-bond donors (Lipinski definition) is 2. The van der Waals surface area contributed by atoms with E-state index in [1.807, 2.05) is 12.1 Å². The van der Waals surface area contributed by atoms with Crippen LogP contribution in [0.3, 0.4) is 0 Å². The zero-order valence-electron chi connectivity index (χ0n) is 22.1. The van der Waals surface area contributed by atoms with Crippen LogP contribution in [0.5, 0.6) is 0 Å². The number of aliphatic hydroxyl groups is 2. The summed E-state index contributed by atoms with van der Waals surface area (Å²) in [6.07, 6.45) is 6.89. The Hall–Kier alpha value is -3.07. The molecule has 0 heterocycles. The quantitative estimate of drug-likeness (QED) is 0.187. The molecule has 0 saturated heterocycles. The summed E-state index contributed by atoms with van der Waals surface area (Å²) in [4.78, 5) is 13.1. The fourth-order valence-corrected chi connectivity index (χ4v) is 5.49. The molecule has 0 amide bonds. The topological polar surface area (TPSA) is 57.5 Å². The first-order chi connectivity index (χ1) is 18.1. The van der Waals surface area contributed by atoms with Gasteiger partial charge in [0.1, 0.15) is 0 Å². The van der Waals surface area contributed by atoms with Crippen LogP contribution < -0.4 is 0 Å². The average molecular weight is 521 g/mol. The summed E-state index contributed by atoms with van der Waals surface area (Å²) in [5.74, 6) is 3.32. The van der Waals surface area contributed by atoms with Crippen LogP contribution in [-0.4, -0.2) is 28.5 Å². The number of carbonyl (C=O) groups excluding carboxylic acids is 1. The van der Waals surface area contributed by atoms with E-state index in [2.05, 4.69) is 37.1 Å². The van der Waals surface area contributed by atoms with Crippen molar-refractivity contribution in [2.45, 2.75) is 69.3 Å². The third-order valence-electron chi connectivity index (χ3n) is 7.97. The molecule has 202 valence electrons. The Morgan fingerprint density at radius 3 is 2.26 bits per heavy atom. The lowest BCUT2D eigenvalue weighted by Gasteiger charge is -2.34. The summed E-state index contributed by atoms with van der Waals surface area (Å²) < 4.78 is 28.8. The zero-order valence-corrected chi connectivity index (χ0v) is 22.1. The molecule has 2 N–H and O–H groups in total. The third-order valence-corrected chi connectivity index (χ3v) is 7.97. The molecule has 0 bridgehead atoms. The molecule has 0 aromatic heterocycles. The maximum absolute atomic E-state index is 14.4. The molecule has 3 nitrogen and oxygen atoms in total. The highest BCUT2D eigenvalue weighted by Gasteiger charge is 2.49. The van der Waals surface area contributed by atoms with E-state index in [9.17, 15) is 23.8 Å². The highest BCUT2D eigenvalue weighted by atomic mass is 19.3. The van der Waals surface area contributed by atoms with Crippen molar-refractivity contribution in [3.8, 4) is 11.8 Å². The normalized spacial score (nSPS) is 19.9. The molecule has 0 spiro atoms. The van der Waals surface area contributed by atoms with E-state index in [0.29, 0.717) is 30.2 Å². The molecule has 2 atom stereocenters. The smallest absolute Gasteiger partial charge is 0.283 e. The first-order valence-corrected chi connectivity index (χ1v) is 13.3. The van der Waals surface area contributed by atoms with E-state index in [1.54, 1.807) is 6.08 Å². The number of Topliss-reactive ketones (excluding diaryl/α,β-unsaturated/α-hetero) is 1. The van der Waals surface area contributed by atoms with Gasteiger partial charge in [-0.05, 0) is 86.1 Å². The van der Waals surface area contributed by atoms with Gasteiger partial charge < -0.3 is 10.2 Å². The van der Waals surface area contributed by atoms with Crippen molar-refractivity contribution >= 4 is 5.78 Å². The van der Waals surface area contributed by atoms with Gasteiger partial charge in [-0.15, -0.1) is 6.58 Å². The lowest BCUT2D eigenvalue weighted by molar-refractivity contribution is -0.175. The molecule has 0 aliphatic heterocycles. The molecule has 1 aliphatic carbocycles. The van der Waals surface area contributed by atoms with Crippen molar-refractivity contribution in [3.63, 3.8) is 0 Å². The summed E-state index contributed by atoms with van der Waals surface area (Å²) in [6, 6.07) is 14.2. The van der Waals surface area contributed by atoms with Crippen molar-refractivity contribution in [1.82, 2.24) is 0 Å². The Kier molecular flexibility index (Phi) is 10.2. The Bertz CT molecular complexity index is 1150. The van der Waals surface area contributed by atoms with Crippen LogP contribution in [0.15, 0.2) is 73.8 Å². The molecule has 38 heavy (non-hydrogen) atoms. The molecular formula is C33H38F2O3. The average Bonchev–Trinajstić information content (AvgIpc) is 2.92. The minimum absolute atomic E-state index is 0.0191. The maximum atomic E-state index is 14.4. The van der Waals surface area contributed by atoms with Crippen LogP contribution in [0.4, 0.5) is 8.78 Å². The zero-order chi connectivity index (χ0) is 27.8. The number of hydrogen-bond acceptors (Lipinski definition) is 3. The fourth-order valence-electron chi connectivity index (χ4n) is 5.49. The Morgan fingerprint density at radius 2 is 1.71 bits per heavy atom. The van der Waals surface area contributed by atoms with Gasteiger partial charge in [-0.2, -0.15) is 0 Å². The van der Waals surface area contributed by atoms with Crippen molar-refractivity contribution in [1.29, 1.82) is 0 Å². The van der Waals surface area contributed by atoms with E-state index >= 15 is 0 Å². The van der Waals surface area contributed by atoms with Gasteiger partial charge in [0.05, 0.1) is 0 Å². The number of ketones is 1. The molecular weight excluding hydrogens is 482 g/mol. The van der Waals surface area contributed by atoms with E-state index in [-0.39, 0.29) is 23.9 Å². The van der Waals surface area contributed by atoms with Crippen LogP contribution in [-0.2, 0) is 5.60 Å². The monoisotopic (exact) mass is 520 g/mol. The number of benzene rings is 2. The van der Waals surface area contributed by atoms with Crippen LogP contribution in [0.2, 0.25) is 0 Å². The molecule has 0 radical (unpaired) electrons. The van der Waals surface area contributed by atoms with Gasteiger partial charge in [0.15, 0.2) is 11.4 Å². The van der Waals surface area contributed by atoms with E-state index in [1.165, 1.54) is 29.8 Å². The minimum Gasteiger partial charge on any atom is -0.396 e. The standard InChI is InChI=1S/C33H38F2O3/c1-4-6-7-24-8-10-25(11-9-24)26-12-14-27(15-13-26)29(20-22-36)23-31(37)28-16-18-30(19-17-28)32(3,38)33(34,35)21-5-2/h4-5,8-11,16-19,26-27,29,36,38H,1-2,12-15,20-23H2,3H3/t26?,27?,29-,32+/m1/s1. The third kappa shape index (κ3) is 7.07. The molecule has 2 aromatic carbocycles. The lowest BCUT2D eigenvalue weighted by Crippen LogP contribution is -2.42. The molecule has 5 heteroatoms. The first kappa shape index (κ1) is 29.5. The molecule has 0 unspecified atom stereocenters. The van der Waals surface area contributed by atoms with Gasteiger partial charge in [-0.25, -0.2) is 8.78 Å². The van der Waals surface area contributed by atoms with E-state index in [4.69, 9.17) is 0 Å². The second-order valence-electron chi connectivity index (χ2n) is 10.5. The second kappa shape index (κ2) is 13.1. The van der Waals surface area contributed by atoms with Gasteiger partial charge >= 0.3 is 0 Å².